The van der Waals surface area contributed by atoms with Gasteiger partial charge in [-0.1, -0.05) is 72.2 Å². The molecule has 0 radical (unpaired) electrons. The molecule has 0 amide bonds. The lowest BCUT2D eigenvalue weighted by atomic mass is 9.98. The molecule has 5 aromatic carbocycles. The lowest BCUT2D eigenvalue weighted by molar-refractivity contribution is 0.479. The van der Waals surface area contributed by atoms with Gasteiger partial charge in [-0.3, -0.25) is 0 Å². The highest BCUT2D eigenvalue weighted by Crippen LogP contribution is 2.36. The highest BCUT2D eigenvalue weighted by Gasteiger charge is 2.10. The number of phenols is 2. The fraction of sp³-hybridized carbons (Fsp3) is 0. The first-order valence-corrected chi connectivity index (χ1v) is 10.2. The van der Waals surface area contributed by atoms with Crippen LogP contribution >= 0.6 is 0 Å². The van der Waals surface area contributed by atoms with Gasteiger partial charge >= 0.3 is 0 Å². The molecule has 0 atom stereocenters. The predicted molar refractivity (Wildman–Crippen MR) is 130 cm³/mol. The summed E-state index contributed by atoms with van der Waals surface area (Å²) in [6.07, 6.45) is 0. The molecule has 5 aromatic rings. The maximum Gasteiger partial charge on any atom is 0.139 e. The van der Waals surface area contributed by atoms with Crippen molar-refractivity contribution in [3.05, 3.63) is 119 Å². The maximum absolute atomic E-state index is 10.8. The summed E-state index contributed by atoms with van der Waals surface area (Å²) in [6, 6.07) is 30.5. The Morgan fingerprint density at radius 2 is 0.844 bits per heavy atom. The molecule has 0 aromatic heterocycles. The average molecular weight is 410 g/mol. The van der Waals surface area contributed by atoms with Crippen LogP contribution in [-0.2, 0) is 0 Å². The van der Waals surface area contributed by atoms with E-state index in [4.69, 9.17) is 0 Å². The molecular formula is C30H18O2. The monoisotopic (exact) mass is 410 g/mol. The summed E-state index contributed by atoms with van der Waals surface area (Å²) in [4.78, 5) is 0. The zero-order chi connectivity index (χ0) is 21.9. The number of rotatable bonds is 0. The fourth-order valence-electron chi connectivity index (χ4n) is 3.64. The molecule has 0 aliphatic rings. The van der Waals surface area contributed by atoms with Crippen molar-refractivity contribution in [1.29, 1.82) is 0 Å². The van der Waals surface area contributed by atoms with Crippen molar-refractivity contribution < 1.29 is 10.2 Å². The number of hydrogen-bond acceptors (Lipinski definition) is 2. The van der Waals surface area contributed by atoms with Crippen LogP contribution < -0.4 is 0 Å². The average Bonchev–Trinajstić information content (AvgIpc) is 2.84. The molecule has 0 spiro atoms. The Morgan fingerprint density at radius 3 is 1.25 bits per heavy atom. The van der Waals surface area contributed by atoms with Gasteiger partial charge in [0, 0.05) is 21.9 Å². The second kappa shape index (κ2) is 8.23. The molecule has 0 fully saturated rings. The Labute approximate surface area is 186 Å². The highest BCUT2D eigenvalue weighted by molar-refractivity contribution is 6.04. The summed E-state index contributed by atoms with van der Waals surface area (Å²) in [5.41, 5.74) is 2.91. The van der Waals surface area contributed by atoms with Gasteiger partial charge in [0.15, 0.2) is 0 Å². The van der Waals surface area contributed by atoms with Gasteiger partial charge in [-0.25, -0.2) is 0 Å². The van der Waals surface area contributed by atoms with Crippen molar-refractivity contribution in [2.75, 3.05) is 0 Å². The Balaban J connectivity index is 1.58. The van der Waals surface area contributed by atoms with Crippen molar-refractivity contribution in [2.24, 2.45) is 0 Å². The first-order valence-electron chi connectivity index (χ1n) is 10.2. The summed E-state index contributed by atoms with van der Waals surface area (Å²) >= 11 is 0. The van der Waals surface area contributed by atoms with Gasteiger partial charge in [0.1, 0.15) is 11.5 Å². The van der Waals surface area contributed by atoms with Gasteiger partial charge < -0.3 is 10.2 Å². The van der Waals surface area contributed by atoms with Crippen molar-refractivity contribution >= 4 is 21.5 Å². The van der Waals surface area contributed by atoms with Crippen LogP contribution in [-0.4, -0.2) is 10.2 Å². The van der Waals surface area contributed by atoms with Gasteiger partial charge in [0.2, 0.25) is 0 Å². The van der Waals surface area contributed by atoms with E-state index in [-0.39, 0.29) is 11.5 Å². The molecule has 2 nitrogen and oxygen atoms in total. The van der Waals surface area contributed by atoms with Crippen LogP contribution in [0, 0.1) is 23.7 Å². The highest BCUT2D eigenvalue weighted by atomic mass is 16.3. The molecule has 2 N–H and O–H groups in total. The van der Waals surface area contributed by atoms with Crippen LogP contribution in [0.4, 0.5) is 0 Å². The van der Waals surface area contributed by atoms with Crippen molar-refractivity contribution in [3.8, 4) is 35.2 Å². The van der Waals surface area contributed by atoms with Crippen LogP contribution in [0.1, 0.15) is 22.3 Å². The predicted octanol–water partition coefficient (Wildman–Crippen LogP) is 6.20. The Hall–Kier alpha value is -4.66. The third-order valence-corrected chi connectivity index (χ3v) is 5.33. The third-order valence-electron chi connectivity index (χ3n) is 5.33. The van der Waals surface area contributed by atoms with E-state index >= 15 is 0 Å². The topological polar surface area (TPSA) is 40.5 Å². The number of benzene rings is 5. The Kier molecular flexibility index (Phi) is 4.97. The first-order chi connectivity index (χ1) is 15.7. The van der Waals surface area contributed by atoms with Gasteiger partial charge in [-0.15, -0.1) is 0 Å². The molecule has 0 saturated carbocycles. The summed E-state index contributed by atoms with van der Waals surface area (Å²) in [6.45, 7) is 0. The largest absolute Gasteiger partial charge is 0.506 e. The van der Waals surface area contributed by atoms with Crippen molar-refractivity contribution in [1.82, 2.24) is 0 Å². The molecule has 0 unspecified atom stereocenters. The molecule has 0 saturated heterocycles. The second-order valence-corrected chi connectivity index (χ2v) is 7.45. The SMILES string of the molecule is Oc1c(C#Cc2ccccc2)ccc2cc3c(O)c(C#Cc4ccccc4)ccc3cc12. The summed E-state index contributed by atoms with van der Waals surface area (Å²) in [5, 5.41) is 24.7. The molecule has 0 heterocycles. The minimum Gasteiger partial charge on any atom is -0.506 e. The third kappa shape index (κ3) is 3.74. The lowest BCUT2D eigenvalue weighted by Gasteiger charge is -2.08. The zero-order valence-electron chi connectivity index (χ0n) is 17.1. The van der Waals surface area contributed by atoms with Crippen LogP contribution in [0.5, 0.6) is 11.5 Å². The molecule has 0 bridgehead atoms. The molecule has 2 heteroatoms. The van der Waals surface area contributed by atoms with E-state index in [2.05, 4.69) is 23.7 Å². The van der Waals surface area contributed by atoms with E-state index < -0.39 is 0 Å². The van der Waals surface area contributed by atoms with E-state index in [1.807, 2.05) is 84.9 Å². The quantitative estimate of drug-likeness (QED) is 0.236. The number of phenolic OH excluding ortho intramolecular Hbond substituents is 2. The van der Waals surface area contributed by atoms with Crippen LogP contribution in [0.2, 0.25) is 0 Å². The number of aromatic hydroxyl groups is 2. The van der Waals surface area contributed by atoms with Crippen LogP contribution in [0.25, 0.3) is 21.5 Å². The van der Waals surface area contributed by atoms with Gasteiger partial charge in [0.05, 0.1) is 11.1 Å². The molecule has 0 aliphatic carbocycles. The molecule has 32 heavy (non-hydrogen) atoms. The number of hydrogen-bond donors (Lipinski definition) is 2. The smallest absolute Gasteiger partial charge is 0.139 e. The van der Waals surface area contributed by atoms with E-state index in [0.717, 1.165) is 21.9 Å². The Bertz CT molecular complexity index is 1450. The van der Waals surface area contributed by atoms with E-state index in [9.17, 15) is 10.2 Å². The second-order valence-electron chi connectivity index (χ2n) is 7.45. The molecule has 5 rings (SSSR count). The normalized spacial score (nSPS) is 10.2. The van der Waals surface area contributed by atoms with Crippen LogP contribution in [0.3, 0.4) is 0 Å². The van der Waals surface area contributed by atoms with Gasteiger partial charge in [0.25, 0.3) is 0 Å². The van der Waals surface area contributed by atoms with Crippen molar-refractivity contribution in [3.63, 3.8) is 0 Å². The van der Waals surface area contributed by atoms with E-state index in [0.29, 0.717) is 21.9 Å². The summed E-state index contributed by atoms with van der Waals surface area (Å²) in [7, 11) is 0. The number of fused-ring (bicyclic) bond motifs is 2. The maximum atomic E-state index is 10.8. The fourth-order valence-corrected chi connectivity index (χ4v) is 3.64. The summed E-state index contributed by atoms with van der Waals surface area (Å²) < 4.78 is 0. The summed E-state index contributed by atoms with van der Waals surface area (Å²) in [5.74, 6) is 12.6. The Morgan fingerprint density at radius 1 is 0.438 bits per heavy atom. The van der Waals surface area contributed by atoms with E-state index in [1.165, 1.54) is 0 Å². The van der Waals surface area contributed by atoms with E-state index in [1.54, 1.807) is 12.1 Å². The molecular weight excluding hydrogens is 392 g/mol. The van der Waals surface area contributed by atoms with Gasteiger partial charge in [-0.05, 0) is 59.3 Å². The minimum atomic E-state index is 0.139. The minimum absolute atomic E-state index is 0.139. The zero-order valence-corrected chi connectivity index (χ0v) is 17.1. The molecule has 150 valence electrons. The van der Waals surface area contributed by atoms with Crippen LogP contribution in [0.15, 0.2) is 97.1 Å². The van der Waals surface area contributed by atoms with Crippen molar-refractivity contribution in [2.45, 2.75) is 0 Å². The standard InChI is InChI=1S/C30H18O2/c31-29-23(13-11-21-7-3-1-4-8-21)15-17-25-20-28-26(19-27(25)29)18-16-24(30(28)32)14-12-22-9-5-2-6-10-22/h1-10,15-20,31-32H. The van der Waals surface area contributed by atoms with Gasteiger partial charge in [-0.2, -0.15) is 0 Å². The lowest BCUT2D eigenvalue weighted by Crippen LogP contribution is -1.85. The first kappa shape index (κ1) is 19.3. The molecule has 0 aliphatic heterocycles.